The number of hydrogen-bond acceptors (Lipinski definition) is 6. The molecule has 2 aromatic rings. The molecule has 25 heavy (non-hydrogen) atoms. The van der Waals surface area contributed by atoms with Crippen molar-refractivity contribution >= 4 is 18.2 Å². The maximum Gasteiger partial charge on any atom is 0.155 e. The van der Waals surface area contributed by atoms with Crippen molar-refractivity contribution in [3.8, 4) is 11.3 Å². The van der Waals surface area contributed by atoms with E-state index in [2.05, 4.69) is 25.1 Å². The van der Waals surface area contributed by atoms with Crippen LogP contribution in [0.3, 0.4) is 0 Å². The zero-order valence-corrected chi connectivity index (χ0v) is 15.4. The minimum Gasteiger partial charge on any atom is -0.392 e. The van der Waals surface area contributed by atoms with Crippen LogP contribution in [0.1, 0.15) is 5.56 Å². The number of anilines is 1. The van der Waals surface area contributed by atoms with Crippen LogP contribution in [0.15, 0.2) is 36.7 Å². The van der Waals surface area contributed by atoms with Gasteiger partial charge in [-0.3, -0.25) is 9.88 Å². The summed E-state index contributed by atoms with van der Waals surface area (Å²) >= 11 is 0. The first kappa shape index (κ1) is 19.6. The van der Waals surface area contributed by atoms with E-state index >= 15 is 0 Å². The maximum absolute atomic E-state index is 9.20. The smallest absolute Gasteiger partial charge is 0.155 e. The van der Waals surface area contributed by atoms with E-state index in [4.69, 9.17) is 0 Å². The van der Waals surface area contributed by atoms with Crippen LogP contribution in [0.2, 0.25) is 0 Å². The predicted molar refractivity (Wildman–Crippen MR) is 103 cm³/mol. The third-order valence-electron chi connectivity index (χ3n) is 4.44. The molecule has 1 aromatic heterocycles. The second kappa shape index (κ2) is 9.68. The van der Waals surface area contributed by atoms with Crippen LogP contribution < -0.4 is 10.2 Å². The molecule has 0 aliphatic carbocycles. The van der Waals surface area contributed by atoms with Crippen molar-refractivity contribution in [2.75, 3.05) is 51.2 Å². The zero-order chi connectivity index (χ0) is 16.8. The maximum atomic E-state index is 9.20. The molecule has 0 amide bonds. The van der Waals surface area contributed by atoms with E-state index in [1.54, 1.807) is 12.4 Å². The summed E-state index contributed by atoms with van der Waals surface area (Å²) in [5.74, 6) is 0.947. The van der Waals surface area contributed by atoms with Crippen molar-refractivity contribution in [2.24, 2.45) is 0 Å². The van der Waals surface area contributed by atoms with Gasteiger partial charge in [-0.2, -0.15) is 0 Å². The number of nitrogens with zero attached hydrogens (tertiary/aromatic N) is 4. The number of piperazine rings is 1. The van der Waals surface area contributed by atoms with Crippen LogP contribution in [0, 0.1) is 0 Å². The average molecular weight is 364 g/mol. The molecular weight excluding hydrogens is 338 g/mol. The van der Waals surface area contributed by atoms with Gasteiger partial charge in [0.05, 0.1) is 6.61 Å². The van der Waals surface area contributed by atoms with Gasteiger partial charge in [-0.05, 0) is 12.6 Å². The Labute approximate surface area is 155 Å². The first-order valence-corrected chi connectivity index (χ1v) is 8.45. The number of likely N-dealkylation sites (N-methyl/N-ethyl adjacent to an activating group) is 1. The second-order valence-corrected chi connectivity index (χ2v) is 6.02. The van der Waals surface area contributed by atoms with Crippen molar-refractivity contribution in [1.82, 2.24) is 20.2 Å². The number of aliphatic hydroxyl groups is 1. The Hall–Kier alpha value is -1.73. The molecule has 7 heteroatoms. The van der Waals surface area contributed by atoms with Crippen molar-refractivity contribution in [3.05, 3.63) is 42.2 Å². The lowest BCUT2D eigenvalue weighted by Crippen LogP contribution is -2.48. The standard InChI is InChI=1S/C18H25N5O.ClH/c1-19-8-9-22-10-12-23(13-11-22)18-17(20-6-7-21-18)16-4-2-15(14-24)3-5-16;/h2-7,19,24H,8-14H2,1H3;1H. The minimum atomic E-state index is 0. The highest BCUT2D eigenvalue weighted by Gasteiger charge is 2.21. The highest BCUT2D eigenvalue weighted by Crippen LogP contribution is 2.27. The predicted octanol–water partition coefficient (Wildman–Crippen LogP) is 1.40. The number of benzene rings is 1. The van der Waals surface area contributed by atoms with Gasteiger partial charge in [-0.25, -0.2) is 4.98 Å². The molecule has 2 heterocycles. The number of aliphatic hydroxyl groups excluding tert-OH is 1. The lowest BCUT2D eigenvalue weighted by molar-refractivity contribution is 0.259. The molecule has 3 rings (SSSR count). The summed E-state index contributed by atoms with van der Waals surface area (Å²) < 4.78 is 0. The Balaban J connectivity index is 0.00000225. The van der Waals surface area contributed by atoms with E-state index in [0.717, 1.165) is 61.9 Å². The lowest BCUT2D eigenvalue weighted by atomic mass is 10.1. The SMILES string of the molecule is CNCCN1CCN(c2nccnc2-c2ccc(CO)cc2)CC1.Cl. The quantitative estimate of drug-likeness (QED) is 0.808. The summed E-state index contributed by atoms with van der Waals surface area (Å²) in [6.07, 6.45) is 3.50. The van der Waals surface area contributed by atoms with Crippen LogP contribution in [0.5, 0.6) is 0 Å². The molecule has 1 fully saturated rings. The highest BCUT2D eigenvalue weighted by atomic mass is 35.5. The molecule has 0 saturated carbocycles. The monoisotopic (exact) mass is 363 g/mol. The fourth-order valence-electron chi connectivity index (χ4n) is 2.99. The Morgan fingerprint density at radius 3 is 2.36 bits per heavy atom. The third-order valence-corrected chi connectivity index (χ3v) is 4.44. The normalized spacial score (nSPS) is 15.0. The summed E-state index contributed by atoms with van der Waals surface area (Å²) in [7, 11) is 1.99. The Bertz CT molecular complexity index is 644. The molecule has 1 aromatic carbocycles. The summed E-state index contributed by atoms with van der Waals surface area (Å²) in [5, 5.41) is 12.4. The molecule has 136 valence electrons. The summed E-state index contributed by atoms with van der Waals surface area (Å²) in [6, 6.07) is 7.87. The van der Waals surface area contributed by atoms with E-state index < -0.39 is 0 Å². The number of halogens is 1. The van der Waals surface area contributed by atoms with Crippen LogP contribution >= 0.6 is 12.4 Å². The largest absolute Gasteiger partial charge is 0.392 e. The molecular formula is C18H26ClN5O. The molecule has 0 atom stereocenters. The fourth-order valence-corrected chi connectivity index (χ4v) is 2.99. The number of aromatic nitrogens is 2. The molecule has 0 radical (unpaired) electrons. The molecule has 6 nitrogen and oxygen atoms in total. The van der Waals surface area contributed by atoms with Crippen molar-refractivity contribution in [3.63, 3.8) is 0 Å². The van der Waals surface area contributed by atoms with Gasteiger partial charge < -0.3 is 15.3 Å². The van der Waals surface area contributed by atoms with Gasteiger partial charge in [0.2, 0.25) is 0 Å². The van der Waals surface area contributed by atoms with Crippen molar-refractivity contribution in [1.29, 1.82) is 0 Å². The Kier molecular flexibility index (Phi) is 7.58. The third kappa shape index (κ3) is 4.89. The number of hydrogen-bond donors (Lipinski definition) is 2. The van der Waals surface area contributed by atoms with Gasteiger partial charge in [-0.1, -0.05) is 24.3 Å². The van der Waals surface area contributed by atoms with Crippen LogP contribution in [0.25, 0.3) is 11.3 Å². The van der Waals surface area contributed by atoms with E-state index in [9.17, 15) is 5.11 Å². The molecule has 2 N–H and O–H groups in total. The fraction of sp³-hybridized carbons (Fsp3) is 0.444. The van der Waals surface area contributed by atoms with Crippen molar-refractivity contribution in [2.45, 2.75) is 6.61 Å². The van der Waals surface area contributed by atoms with E-state index in [1.165, 1.54) is 0 Å². The van der Waals surface area contributed by atoms with Crippen LogP contribution in [-0.2, 0) is 6.61 Å². The van der Waals surface area contributed by atoms with E-state index in [0.29, 0.717) is 0 Å². The van der Waals surface area contributed by atoms with Gasteiger partial charge in [-0.15, -0.1) is 12.4 Å². The highest BCUT2D eigenvalue weighted by molar-refractivity contribution is 5.85. The topological polar surface area (TPSA) is 64.5 Å². The molecule has 1 aliphatic heterocycles. The van der Waals surface area contributed by atoms with Gasteiger partial charge in [0.1, 0.15) is 5.69 Å². The first-order chi connectivity index (χ1) is 11.8. The van der Waals surface area contributed by atoms with Gasteiger partial charge >= 0.3 is 0 Å². The zero-order valence-electron chi connectivity index (χ0n) is 14.6. The Morgan fingerprint density at radius 2 is 1.72 bits per heavy atom. The van der Waals surface area contributed by atoms with E-state index in [1.807, 2.05) is 31.3 Å². The summed E-state index contributed by atoms with van der Waals surface area (Å²) in [6.45, 7) is 6.17. The summed E-state index contributed by atoms with van der Waals surface area (Å²) in [4.78, 5) is 13.9. The van der Waals surface area contributed by atoms with E-state index in [-0.39, 0.29) is 19.0 Å². The average Bonchev–Trinajstić information content (AvgIpc) is 2.67. The van der Waals surface area contributed by atoms with Crippen LogP contribution in [0.4, 0.5) is 5.82 Å². The molecule has 0 bridgehead atoms. The summed E-state index contributed by atoms with van der Waals surface area (Å²) in [5.41, 5.74) is 2.85. The molecule has 1 saturated heterocycles. The molecule has 0 spiro atoms. The first-order valence-electron chi connectivity index (χ1n) is 8.45. The van der Waals surface area contributed by atoms with Gasteiger partial charge in [0.25, 0.3) is 0 Å². The second-order valence-electron chi connectivity index (χ2n) is 6.02. The minimum absolute atomic E-state index is 0. The van der Waals surface area contributed by atoms with Gasteiger partial charge in [0, 0.05) is 57.2 Å². The van der Waals surface area contributed by atoms with Crippen LogP contribution in [-0.4, -0.2) is 66.3 Å². The lowest BCUT2D eigenvalue weighted by Gasteiger charge is -2.35. The Morgan fingerprint density at radius 1 is 1.04 bits per heavy atom. The number of rotatable bonds is 6. The molecule has 1 aliphatic rings. The van der Waals surface area contributed by atoms with Gasteiger partial charge in [0.15, 0.2) is 5.82 Å². The number of nitrogens with one attached hydrogen (secondary N) is 1. The van der Waals surface area contributed by atoms with Crippen molar-refractivity contribution < 1.29 is 5.11 Å². The molecule has 0 unspecified atom stereocenters.